The van der Waals surface area contributed by atoms with E-state index in [0.29, 0.717) is 30.1 Å². The molecule has 0 unspecified atom stereocenters. The summed E-state index contributed by atoms with van der Waals surface area (Å²) in [6, 6.07) is 9.77. The Hall–Kier alpha value is -2.74. The number of aromatic nitrogens is 3. The third kappa shape index (κ3) is 3.07. The summed E-state index contributed by atoms with van der Waals surface area (Å²) in [7, 11) is -3.05. The second-order valence-corrected chi connectivity index (χ2v) is 11.2. The van der Waals surface area contributed by atoms with Crippen molar-refractivity contribution in [3.63, 3.8) is 0 Å². The lowest BCUT2D eigenvalue weighted by Crippen LogP contribution is -2.29. The van der Waals surface area contributed by atoms with Crippen LogP contribution < -0.4 is 4.90 Å². The number of pyridine rings is 1. The van der Waals surface area contributed by atoms with E-state index < -0.39 is 9.84 Å². The number of anilines is 1. The summed E-state index contributed by atoms with van der Waals surface area (Å²) in [5, 5.41) is 5.44. The first kappa shape index (κ1) is 19.0. The first-order valence-corrected chi connectivity index (χ1v) is 12.7. The number of nitrogens with zero attached hydrogens (tertiary/aromatic N) is 4. The molecule has 1 atom stereocenters. The number of hydrogen-bond donors (Lipinski definition) is 0. The van der Waals surface area contributed by atoms with E-state index in [1.54, 1.807) is 4.68 Å². The minimum atomic E-state index is -3.05. The van der Waals surface area contributed by atoms with Crippen molar-refractivity contribution in [1.29, 1.82) is 0 Å². The SMILES string of the molecule is Cc1nn([C@H]2CCS(=O)(=O)C2)c2nc(C3CC3)cc(C(=O)N3CCc4ccccc43)c12. The summed E-state index contributed by atoms with van der Waals surface area (Å²) in [5.41, 5.74) is 5.09. The van der Waals surface area contributed by atoms with E-state index in [-0.39, 0.29) is 23.5 Å². The van der Waals surface area contributed by atoms with E-state index in [1.807, 2.05) is 36.1 Å². The van der Waals surface area contributed by atoms with Crippen molar-refractivity contribution in [2.45, 2.75) is 44.6 Å². The molecule has 3 aromatic rings. The van der Waals surface area contributed by atoms with Gasteiger partial charge in [-0.15, -0.1) is 0 Å². The molecule has 2 aliphatic heterocycles. The fourth-order valence-corrected chi connectivity index (χ4v) is 6.70. The number of rotatable bonds is 3. The van der Waals surface area contributed by atoms with E-state index in [1.165, 1.54) is 5.56 Å². The first-order valence-electron chi connectivity index (χ1n) is 10.9. The maximum absolute atomic E-state index is 13.8. The lowest BCUT2D eigenvalue weighted by molar-refractivity contribution is 0.0990. The third-order valence-corrected chi connectivity index (χ3v) is 8.52. The van der Waals surface area contributed by atoms with Gasteiger partial charge in [0, 0.05) is 23.8 Å². The van der Waals surface area contributed by atoms with Gasteiger partial charge in [0.1, 0.15) is 0 Å². The van der Waals surface area contributed by atoms with Gasteiger partial charge in [-0.25, -0.2) is 18.1 Å². The Kier molecular flexibility index (Phi) is 4.06. The van der Waals surface area contributed by atoms with Gasteiger partial charge < -0.3 is 4.90 Å². The van der Waals surface area contributed by atoms with Gasteiger partial charge in [-0.3, -0.25) is 4.79 Å². The second kappa shape index (κ2) is 6.63. The number of carbonyl (C=O) groups is 1. The molecular weight excluding hydrogens is 412 g/mol. The quantitative estimate of drug-likeness (QED) is 0.630. The van der Waals surface area contributed by atoms with Crippen molar-refractivity contribution in [3.05, 3.63) is 52.8 Å². The highest BCUT2D eigenvalue weighted by molar-refractivity contribution is 7.91. The van der Waals surface area contributed by atoms with Crippen molar-refractivity contribution >= 4 is 32.5 Å². The van der Waals surface area contributed by atoms with Crippen molar-refractivity contribution in [3.8, 4) is 0 Å². The number of amides is 1. The Morgan fingerprint density at radius 2 is 1.97 bits per heavy atom. The Bertz CT molecular complexity index is 1340. The molecule has 2 aromatic heterocycles. The minimum Gasteiger partial charge on any atom is -0.308 e. The van der Waals surface area contributed by atoms with Gasteiger partial charge in [0.05, 0.1) is 34.2 Å². The lowest BCUT2D eigenvalue weighted by atomic mass is 10.1. The number of benzene rings is 1. The number of carbonyl (C=O) groups excluding carboxylic acids is 1. The Morgan fingerprint density at radius 1 is 1.16 bits per heavy atom. The van der Waals surface area contributed by atoms with Gasteiger partial charge in [0.15, 0.2) is 15.5 Å². The number of hydrogen-bond acceptors (Lipinski definition) is 5. The Morgan fingerprint density at radius 3 is 2.71 bits per heavy atom. The van der Waals surface area contributed by atoms with Gasteiger partial charge in [0.2, 0.25) is 0 Å². The van der Waals surface area contributed by atoms with Crippen LogP contribution in [0.15, 0.2) is 30.3 Å². The zero-order valence-electron chi connectivity index (χ0n) is 17.4. The molecule has 0 spiro atoms. The van der Waals surface area contributed by atoms with Gasteiger partial charge in [0.25, 0.3) is 5.91 Å². The van der Waals surface area contributed by atoms with Crippen LogP contribution >= 0.6 is 0 Å². The largest absolute Gasteiger partial charge is 0.308 e. The van der Waals surface area contributed by atoms with Gasteiger partial charge in [-0.05, 0) is 50.3 Å². The van der Waals surface area contributed by atoms with Gasteiger partial charge in [-0.2, -0.15) is 5.10 Å². The van der Waals surface area contributed by atoms with Gasteiger partial charge in [-0.1, -0.05) is 18.2 Å². The summed E-state index contributed by atoms with van der Waals surface area (Å²) >= 11 is 0. The normalized spacial score (nSPS) is 22.2. The molecule has 0 N–H and O–H groups in total. The molecule has 160 valence electrons. The molecule has 0 radical (unpaired) electrons. The molecule has 3 aliphatic rings. The van der Waals surface area contributed by atoms with Crippen LogP contribution in [0.25, 0.3) is 11.0 Å². The predicted molar refractivity (Wildman–Crippen MR) is 118 cm³/mol. The molecule has 8 heteroatoms. The summed E-state index contributed by atoms with van der Waals surface area (Å²) in [4.78, 5) is 20.5. The van der Waals surface area contributed by atoms with Crippen LogP contribution in [-0.2, 0) is 16.3 Å². The van der Waals surface area contributed by atoms with E-state index >= 15 is 0 Å². The van der Waals surface area contributed by atoms with E-state index in [9.17, 15) is 13.2 Å². The predicted octanol–water partition coefficient (Wildman–Crippen LogP) is 3.18. The smallest absolute Gasteiger partial charge is 0.259 e. The van der Waals surface area contributed by atoms with Crippen LogP contribution in [0.1, 0.15) is 58.5 Å². The monoisotopic (exact) mass is 436 g/mol. The van der Waals surface area contributed by atoms with Crippen LogP contribution in [0.4, 0.5) is 5.69 Å². The van der Waals surface area contributed by atoms with Gasteiger partial charge >= 0.3 is 0 Å². The van der Waals surface area contributed by atoms with E-state index in [0.717, 1.165) is 41.7 Å². The van der Waals surface area contributed by atoms with Crippen LogP contribution in [0.3, 0.4) is 0 Å². The zero-order valence-corrected chi connectivity index (χ0v) is 18.2. The molecular formula is C23H24N4O3S. The summed E-state index contributed by atoms with van der Waals surface area (Å²) in [6.07, 6.45) is 3.54. The number of aryl methyl sites for hydroxylation is 1. The average Bonchev–Trinajstić information content (AvgIpc) is 3.30. The zero-order chi connectivity index (χ0) is 21.3. The molecule has 1 saturated carbocycles. The molecule has 31 heavy (non-hydrogen) atoms. The molecule has 1 aromatic carbocycles. The molecule has 1 amide bonds. The third-order valence-electron chi connectivity index (χ3n) is 6.77. The van der Waals surface area contributed by atoms with E-state index in [2.05, 4.69) is 6.07 Å². The van der Waals surface area contributed by atoms with Crippen molar-refractivity contribution in [2.24, 2.45) is 0 Å². The maximum Gasteiger partial charge on any atom is 0.259 e. The minimum absolute atomic E-state index is 0.0269. The molecule has 2 fully saturated rings. The maximum atomic E-state index is 13.8. The van der Waals surface area contributed by atoms with E-state index in [4.69, 9.17) is 10.1 Å². The van der Waals surface area contributed by atoms with Crippen LogP contribution in [0.2, 0.25) is 0 Å². The fraction of sp³-hybridized carbons (Fsp3) is 0.435. The molecule has 1 aliphatic carbocycles. The average molecular weight is 437 g/mol. The standard InChI is InChI=1S/C23H24N4O3S/c1-14-21-18(23(28)26-10-8-16-4-2-3-5-20(16)26)12-19(15-6-7-15)24-22(21)27(25-14)17-9-11-31(29,30)13-17/h2-5,12,15,17H,6-11,13H2,1H3/t17-/m0/s1. The Balaban J connectivity index is 1.51. The summed E-state index contributed by atoms with van der Waals surface area (Å²) in [6.45, 7) is 2.55. The molecule has 4 heterocycles. The highest BCUT2D eigenvalue weighted by Crippen LogP contribution is 2.41. The molecule has 7 nitrogen and oxygen atoms in total. The molecule has 6 rings (SSSR count). The lowest BCUT2D eigenvalue weighted by Gasteiger charge is -2.19. The van der Waals surface area contributed by atoms with Crippen molar-refractivity contribution < 1.29 is 13.2 Å². The van der Waals surface area contributed by atoms with Crippen LogP contribution in [0, 0.1) is 6.92 Å². The number of para-hydroxylation sites is 1. The van der Waals surface area contributed by atoms with Crippen LogP contribution in [0.5, 0.6) is 0 Å². The van der Waals surface area contributed by atoms with Crippen molar-refractivity contribution in [1.82, 2.24) is 14.8 Å². The highest BCUT2D eigenvalue weighted by Gasteiger charge is 2.35. The molecule has 1 saturated heterocycles. The summed E-state index contributed by atoms with van der Waals surface area (Å²) < 4.78 is 25.9. The Labute approximate surface area is 181 Å². The van der Waals surface area contributed by atoms with Crippen molar-refractivity contribution in [2.75, 3.05) is 23.0 Å². The fourth-order valence-electron chi connectivity index (χ4n) is 5.01. The number of sulfone groups is 1. The van der Waals surface area contributed by atoms with Crippen LogP contribution in [-0.4, -0.2) is 47.1 Å². The first-order chi connectivity index (χ1) is 14.9. The number of fused-ring (bicyclic) bond motifs is 2. The second-order valence-electron chi connectivity index (χ2n) is 8.99. The topological polar surface area (TPSA) is 85.2 Å². The summed E-state index contributed by atoms with van der Waals surface area (Å²) in [5.74, 6) is 0.608. The highest BCUT2D eigenvalue weighted by atomic mass is 32.2. The molecule has 0 bridgehead atoms.